The molecule has 5 N–H and O–H groups in total. The molecule has 0 spiro atoms. The van der Waals surface area contributed by atoms with E-state index in [1.165, 1.54) is 36.5 Å². The number of rotatable bonds is 7. The summed E-state index contributed by atoms with van der Waals surface area (Å²) >= 11 is 0. The Morgan fingerprint density at radius 2 is 1.69 bits per heavy atom. The van der Waals surface area contributed by atoms with Crippen LogP contribution in [0.1, 0.15) is 35.3 Å². The lowest BCUT2D eigenvalue weighted by Crippen LogP contribution is -2.18. The summed E-state index contributed by atoms with van der Waals surface area (Å²) in [5.41, 5.74) is 0.540. The Labute approximate surface area is 185 Å². The number of aromatic nitrogens is 1. The topological polar surface area (TPSA) is 149 Å². The summed E-state index contributed by atoms with van der Waals surface area (Å²) < 4.78 is 27.4. The number of carbonyl (C=O) groups excluding carboxylic acids is 1. The number of nitrogens with one attached hydrogen (secondary N) is 2. The molecule has 0 aliphatic heterocycles. The summed E-state index contributed by atoms with van der Waals surface area (Å²) in [6.45, 7) is 3.28. The first-order chi connectivity index (χ1) is 14.9. The van der Waals surface area contributed by atoms with E-state index in [2.05, 4.69) is 15.0 Å². The molecule has 0 saturated carbocycles. The number of hydrogen-bond donors (Lipinski definition) is 5. The second-order valence-corrected chi connectivity index (χ2v) is 9.43. The van der Waals surface area contributed by atoms with Gasteiger partial charge in [-0.3, -0.25) is 9.52 Å². The SMILES string of the molecule is CC(C)(O)c1ccc(CS(=O)(=O)Nc2cc(C(=O)Nc3ccc(O)c(O)c3)ccn2)cc1. The van der Waals surface area contributed by atoms with Crippen molar-refractivity contribution in [1.82, 2.24) is 4.98 Å². The summed E-state index contributed by atoms with van der Waals surface area (Å²) in [6.07, 6.45) is 1.29. The fourth-order valence-electron chi connectivity index (χ4n) is 2.86. The number of carbonyl (C=O) groups is 1. The predicted octanol–water partition coefficient (Wildman–Crippen LogP) is 2.91. The number of phenolic OH excluding ortho intramolecular Hbond substituents is 2. The second-order valence-electron chi connectivity index (χ2n) is 7.70. The summed E-state index contributed by atoms with van der Waals surface area (Å²) in [4.78, 5) is 16.4. The van der Waals surface area contributed by atoms with Crippen molar-refractivity contribution in [3.8, 4) is 11.5 Å². The van der Waals surface area contributed by atoms with Crippen LogP contribution in [-0.4, -0.2) is 34.6 Å². The maximum atomic E-state index is 12.5. The van der Waals surface area contributed by atoms with Crippen LogP contribution in [0.5, 0.6) is 11.5 Å². The average molecular weight is 458 g/mol. The lowest BCUT2D eigenvalue weighted by atomic mass is 9.98. The van der Waals surface area contributed by atoms with Gasteiger partial charge in [0.05, 0.1) is 11.4 Å². The summed E-state index contributed by atoms with van der Waals surface area (Å²) in [7, 11) is -3.82. The zero-order valence-corrected chi connectivity index (χ0v) is 18.2. The molecule has 1 heterocycles. The molecule has 0 fully saturated rings. The molecule has 9 nitrogen and oxygen atoms in total. The minimum absolute atomic E-state index is 0.0284. The average Bonchev–Trinajstić information content (AvgIpc) is 2.70. The predicted molar refractivity (Wildman–Crippen MR) is 120 cm³/mol. The third-order valence-electron chi connectivity index (χ3n) is 4.53. The van der Waals surface area contributed by atoms with Crippen LogP contribution in [0.15, 0.2) is 60.8 Å². The fraction of sp³-hybridized carbons (Fsp3) is 0.182. The quantitative estimate of drug-likeness (QED) is 0.270. The molecule has 0 radical (unpaired) electrons. The van der Waals surface area contributed by atoms with E-state index in [9.17, 15) is 28.5 Å². The normalized spacial score (nSPS) is 11.7. The van der Waals surface area contributed by atoms with Gasteiger partial charge in [-0.25, -0.2) is 13.4 Å². The number of aromatic hydroxyl groups is 2. The molecule has 1 aromatic heterocycles. The molecule has 0 bridgehead atoms. The van der Waals surface area contributed by atoms with Gasteiger partial charge in [-0.15, -0.1) is 0 Å². The third kappa shape index (κ3) is 5.96. The largest absolute Gasteiger partial charge is 0.504 e. The monoisotopic (exact) mass is 457 g/mol. The van der Waals surface area contributed by atoms with Crippen LogP contribution < -0.4 is 10.0 Å². The summed E-state index contributed by atoms with van der Waals surface area (Å²) in [5.74, 6) is -1.61. The van der Waals surface area contributed by atoms with E-state index in [4.69, 9.17) is 0 Å². The summed E-state index contributed by atoms with van der Waals surface area (Å²) in [6, 6.07) is 13.1. The number of amides is 1. The molecule has 32 heavy (non-hydrogen) atoms. The first-order valence-corrected chi connectivity index (χ1v) is 11.2. The molecule has 0 unspecified atom stereocenters. The maximum absolute atomic E-state index is 12.5. The lowest BCUT2D eigenvalue weighted by Gasteiger charge is -2.18. The van der Waals surface area contributed by atoms with Gasteiger partial charge < -0.3 is 20.6 Å². The van der Waals surface area contributed by atoms with Crippen molar-refractivity contribution in [1.29, 1.82) is 0 Å². The van der Waals surface area contributed by atoms with Gasteiger partial charge >= 0.3 is 0 Å². The van der Waals surface area contributed by atoms with E-state index < -0.39 is 21.5 Å². The van der Waals surface area contributed by atoms with Gasteiger partial charge in [-0.2, -0.15) is 0 Å². The number of aliphatic hydroxyl groups is 1. The number of hydrogen-bond acceptors (Lipinski definition) is 7. The van der Waals surface area contributed by atoms with Crippen molar-refractivity contribution in [3.63, 3.8) is 0 Å². The second kappa shape index (κ2) is 8.85. The van der Waals surface area contributed by atoms with Crippen LogP contribution in [0.2, 0.25) is 0 Å². The number of nitrogens with zero attached hydrogens (tertiary/aromatic N) is 1. The van der Waals surface area contributed by atoms with E-state index in [0.29, 0.717) is 11.1 Å². The zero-order chi connectivity index (χ0) is 23.5. The number of pyridine rings is 1. The molecule has 3 aromatic rings. The van der Waals surface area contributed by atoms with Crippen LogP contribution >= 0.6 is 0 Å². The van der Waals surface area contributed by atoms with Gasteiger partial charge in [0.15, 0.2) is 11.5 Å². The van der Waals surface area contributed by atoms with Gasteiger partial charge in [0.1, 0.15) is 5.82 Å². The van der Waals surface area contributed by atoms with Gasteiger partial charge in [0, 0.05) is 23.5 Å². The van der Waals surface area contributed by atoms with Crippen molar-refractivity contribution in [2.24, 2.45) is 0 Å². The maximum Gasteiger partial charge on any atom is 0.255 e. The third-order valence-corrected chi connectivity index (χ3v) is 5.77. The molecule has 3 rings (SSSR count). The van der Waals surface area contributed by atoms with Gasteiger partial charge in [0.2, 0.25) is 10.0 Å². The Morgan fingerprint density at radius 3 is 2.31 bits per heavy atom. The first kappa shape index (κ1) is 23.0. The lowest BCUT2D eigenvalue weighted by molar-refractivity contribution is 0.0786. The molecule has 0 aliphatic carbocycles. The van der Waals surface area contributed by atoms with Crippen LogP contribution in [0.25, 0.3) is 0 Å². The Kier molecular flexibility index (Phi) is 6.37. The molecule has 0 atom stereocenters. The molecule has 0 saturated heterocycles. The minimum Gasteiger partial charge on any atom is -0.504 e. The first-order valence-electron chi connectivity index (χ1n) is 9.55. The highest BCUT2D eigenvalue weighted by molar-refractivity contribution is 7.91. The van der Waals surface area contributed by atoms with Crippen LogP contribution in [0, 0.1) is 0 Å². The molecular formula is C22H23N3O6S. The minimum atomic E-state index is -3.82. The number of benzene rings is 2. The molecule has 0 aliphatic rings. The Bertz CT molecular complexity index is 1240. The van der Waals surface area contributed by atoms with E-state index >= 15 is 0 Å². The van der Waals surface area contributed by atoms with E-state index in [1.807, 2.05) is 0 Å². The highest BCUT2D eigenvalue weighted by atomic mass is 32.2. The van der Waals surface area contributed by atoms with Crippen molar-refractivity contribution in [2.75, 3.05) is 10.0 Å². The van der Waals surface area contributed by atoms with Crippen LogP contribution in [0.3, 0.4) is 0 Å². The Morgan fingerprint density at radius 1 is 1.00 bits per heavy atom. The smallest absolute Gasteiger partial charge is 0.255 e. The van der Waals surface area contributed by atoms with Crippen molar-refractivity contribution < 1.29 is 28.5 Å². The molecular weight excluding hydrogens is 434 g/mol. The van der Waals surface area contributed by atoms with E-state index in [-0.39, 0.29) is 34.3 Å². The highest BCUT2D eigenvalue weighted by Crippen LogP contribution is 2.27. The highest BCUT2D eigenvalue weighted by Gasteiger charge is 2.18. The van der Waals surface area contributed by atoms with E-state index in [0.717, 1.165) is 0 Å². The summed E-state index contributed by atoms with van der Waals surface area (Å²) in [5, 5.41) is 31.4. The van der Waals surface area contributed by atoms with Crippen molar-refractivity contribution in [3.05, 3.63) is 77.5 Å². The van der Waals surface area contributed by atoms with Gasteiger partial charge in [-0.1, -0.05) is 24.3 Å². The Hall–Kier alpha value is -3.63. The zero-order valence-electron chi connectivity index (χ0n) is 17.4. The van der Waals surface area contributed by atoms with Crippen LogP contribution in [-0.2, 0) is 21.4 Å². The standard InChI is InChI=1S/C22H23N3O6S/c1-22(2,29)16-5-3-14(4-6-16)13-32(30,31)25-20-11-15(9-10-23-20)21(28)24-17-7-8-18(26)19(27)12-17/h3-12,26-27,29H,13H2,1-2H3,(H,23,25)(H,24,28). The molecule has 168 valence electrons. The number of sulfonamides is 1. The van der Waals surface area contributed by atoms with Crippen molar-refractivity contribution in [2.45, 2.75) is 25.2 Å². The Balaban J connectivity index is 1.70. The fourth-order valence-corrected chi connectivity index (χ4v) is 3.99. The number of anilines is 2. The molecule has 1 amide bonds. The van der Waals surface area contributed by atoms with Gasteiger partial charge in [0.25, 0.3) is 5.91 Å². The van der Waals surface area contributed by atoms with E-state index in [1.54, 1.807) is 38.1 Å². The van der Waals surface area contributed by atoms with Crippen molar-refractivity contribution >= 4 is 27.4 Å². The van der Waals surface area contributed by atoms with Gasteiger partial charge in [-0.05, 0) is 49.2 Å². The van der Waals surface area contributed by atoms with Crippen LogP contribution in [0.4, 0.5) is 11.5 Å². The molecule has 2 aromatic carbocycles. The number of phenols is 2. The molecule has 10 heteroatoms.